The Bertz CT molecular complexity index is 787. The van der Waals surface area contributed by atoms with Gasteiger partial charge in [0.1, 0.15) is 0 Å². The summed E-state index contributed by atoms with van der Waals surface area (Å²) < 4.78 is 3.31. The van der Waals surface area contributed by atoms with Crippen molar-refractivity contribution in [3.05, 3.63) is 33.8 Å². The second-order valence-electron chi connectivity index (χ2n) is 6.53. The number of benzene rings is 1. The summed E-state index contributed by atoms with van der Waals surface area (Å²) in [4.78, 5) is 14.7. The van der Waals surface area contributed by atoms with Crippen molar-refractivity contribution in [3.8, 4) is 5.69 Å². The van der Waals surface area contributed by atoms with Crippen molar-refractivity contribution in [1.29, 1.82) is 0 Å². The molecule has 0 saturated carbocycles. The van der Waals surface area contributed by atoms with Crippen molar-refractivity contribution < 1.29 is 4.79 Å². The molecule has 0 unspecified atom stereocenters. The van der Waals surface area contributed by atoms with Crippen LogP contribution in [-0.4, -0.2) is 37.9 Å². The van der Waals surface area contributed by atoms with Gasteiger partial charge in [0.05, 0.1) is 10.9 Å². The number of hydrogen-bond acceptors (Lipinski definition) is 5. The number of para-hydroxylation sites is 1. The number of rotatable bonds is 6. The Morgan fingerprint density at radius 3 is 2.36 bits per heavy atom. The highest BCUT2D eigenvalue weighted by Gasteiger charge is 2.26. The highest BCUT2D eigenvalue weighted by molar-refractivity contribution is 8.02. The molecule has 25 heavy (non-hydrogen) atoms. The molecular weight excluding hydrogens is 370 g/mol. The molecule has 0 N–H and O–H groups in total. The Hall–Kier alpha value is -1.18. The summed E-state index contributed by atoms with van der Waals surface area (Å²) in [6.07, 6.45) is 0. The molecule has 2 rings (SSSR count). The SMILES string of the molecule is Cc1ccccc1-n1nc(S[C@H](C)C(=O)N(C(C)C)C(C)C)sc1=S. The predicted molar refractivity (Wildman–Crippen MR) is 109 cm³/mol. The first-order valence-corrected chi connectivity index (χ1v) is 10.5. The average Bonchev–Trinajstić information content (AvgIpc) is 2.87. The predicted octanol–water partition coefficient (Wildman–Crippen LogP) is 5.10. The first kappa shape index (κ1) is 20.1. The van der Waals surface area contributed by atoms with Crippen molar-refractivity contribution in [2.75, 3.05) is 0 Å². The highest BCUT2D eigenvalue weighted by atomic mass is 32.2. The van der Waals surface area contributed by atoms with Crippen molar-refractivity contribution in [3.63, 3.8) is 0 Å². The molecule has 1 aromatic carbocycles. The molecule has 0 fully saturated rings. The highest BCUT2D eigenvalue weighted by Crippen LogP contribution is 2.29. The lowest BCUT2D eigenvalue weighted by atomic mass is 10.2. The van der Waals surface area contributed by atoms with Gasteiger partial charge >= 0.3 is 0 Å². The number of amides is 1. The second-order valence-corrected chi connectivity index (χ2v) is 9.74. The molecule has 1 heterocycles. The van der Waals surface area contributed by atoms with Gasteiger partial charge in [-0.3, -0.25) is 4.79 Å². The van der Waals surface area contributed by atoms with Gasteiger partial charge in [0, 0.05) is 12.1 Å². The van der Waals surface area contributed by atoms with Crippen LogP contribution in [0.3, 0.4) is 0 Å². The standard InChI is InChI=1S/C18H25N3OS3/c1-11(2)20(12(3)4)16(22)14(6)24-17-19-21(18(23)25-17)15-10-8-7-9-13(15)5/h7-12,14H,1-6H3/t14-/m1/s1. The van der Waals surface area contributed by atoms with Crippen LogP contribution in [0.25, 0.3) is 5.69 Å². The molecule has 0 aliphatic carbocycles. The lowest BCUT2D eigenvalue weighted by molar-refractivity contribution is -0.133. The van der Waals surface area contributed by atoms with Crippen LogP contribution in [0.2, 0.25) is 0 Å². The number of thioether (sulfide) groups is 1. The summed E-state index contributed by atoms with van der Waals surface area (Å²) in [5.41, 5.74) is 2.11. The molecule has 7 heteroatoms. The minimum Gasteiger partial charge on any atom is -0.337 e. The van der Waals surface area contributed by atoms with E-state index in [1.807, 2.05) is 70.7 Å². The van der Waals surface area contributed by atoms with Crippen molar-refractivity contribution in [2.24, 2.45) is 0 Å². The molecule has 0 aliphatic rings. The summed E-state index contributed by atoms with van der Waals surface area (Å²) in [7, 11) is 0. The van der Waals surface area contributed by atoms with Crippen LogP contribution in [0.1, 0.15) is 40.2 Å². The first-order chi connectivity index (χ1) is 11.7. The minimum atomic E-state index is -0.198. The fraction of sp³-hybridized carbons (Fsp3) is 0.500. The summed E-state index contributed by atoms with van der Waals surface area (Å²) in [6.45, 7) is 12.2. The van der Waals surface area contributed by atoms with Crippen LogP contribution < -0.4 is 0 Å². The molecule has 1 aromatic heterocycles. The molecule has 0 aliphatic heterocycles. The fourth-order valence-electron chi connectivity index (χ4n) is 2.78. The first-order valence-electron chi connectivity index (χ1n) is 8.37. The van der Waals surface area contributed by atoms with E-state index >= 15 is 0 Å². The van der Waals surface area contributed by atoms with Gasteiger partial charge in [-0.05, 0) is 65.4 Å². The van der Waals surface area contributed by atoms with E-state index in [1.165, 1.54) is 23.1 Å². The van der Waals surface area contributed by atoms with Gasteiger partial charge in [-0.25, -0.2) is 4.68 Å². The number of hydrogen-bond donors (Lipinski definition) is 0. The largest absolute Gasteiger partial charge is 0.337 e. The van der Waals surface area contributed by atoms with E-state index in [4.69, 9.17) is 12.2 Å². The lowest BCUT2D eigenvalue weighted by Gasteiger charge is -2.32. The maximum atomic E-state index is 12.8. The van der Waals surface area contributed by atoms with Crippen molar-refractivity contribution in [1.82, 2.24) is 14.7 Å². The summed E-state index contributed by atoms with van der Waals surface area (Å²) >= 11 is 8.41. The zero-order valence-corrected chi connectivity index (χ0v) is 18.0. The normalized spacial score (nSPS) is 12.6. The molecule has 0 saturated heterocycles. The van der Waals surface area contributed by atoms with Crippen LogP contribution in [0.15, 0.2) is 28.6 Å². The third kappa shape index (κ3) is 4.71. The fourth-order valence-corrected chi connectivity index (χ4v) is 5.33. The van der Waals surface area contributed by atoms with Crippen LogP contribution in [0.5, 0.6) is 0 Å². The van der Waals surface area contributed by atoms with E-state index in [0.717, 1.165) is 15.6 Å². The monoisotopic (exact) mass is 395 g/mol. The maximum Gasteiger partial charge on any atom is 0.236 e. The van der Waals surface area contributed by atoms with Gasteiger partial charge in [-0.15, -0.1) is 5.10 Å². The summed E-state index contributed by atoms with van der Waals surface area (Å²) in [5.74, 6) is 0.138. The Labute approximate surface area is 163 Å². The number of aryl methyl sites for hydroxylation is 1. The molecule has 0 bridgehead atoms. The average molecular weight is 396 g/mol. The minimum absolute atomic E-state index is 0.138. The summed E-state index contributed by atoms with van der Waals surface area (Å²) in [5, 5.41) is 4.44. The maximum absolute atomic E-state index is 12.8. The Morgan fingerprint density at radius 1 is 1.20 bits per heavy atom. The van der Waals surface area contributed by atoms with E-state index in [1.54, 1.807) is 4.68 Å². The summed E-state index contributed by atoms with van der Waals surface area (Å²) in [6, 6.07) is 8.38. The molecule has 0 spiro atoms. The zero-order chi connectivity index (χ0) is 18.7. The molecule has 1 amide bonds. The molecule has 4 nitrogen and oxygen atoms in total. The van der Waals surface area contributed by atoms with Gasteiger partial charge in [-0.1, -0.05) is 41.3 Å². The van der Waals surface area contributed by atoms with E-state index < -0.39 is 0 Å². The second kappa shape index (κ2) is 8.47. The Morgan fingerprint density at radius 2 is 1.80 bits per heavy atom. The van der Waals surface area contributed by atoms with Gasteiger partial charge in [0.25, 0.3) is 0 Å². The number of aromatic nitrogens is 2. The van der Waals surface area contributed by atoms with Crippen molar-refractivity contribution in [2.45, 2.75) is 63.2 Å². The van der Waals surface area contributed by atoms with Crippen LogP contribution in [0, 0.1) is 10.9 Å². The van der Waals surface area contributed by atoms with Crippen LogP contribution in [-0.2, 0) is 4.79 Å². The Kier molecular flexibility index (Phi) is 6.82. The third-order valence-corrected chi connectivity index (χ3v) is 6.27. The third-order valence-electron chi connectivity index (χ3n) is 3.87. The number of carbonyl (C=O) groups excluding carboxylic acids is 1. The molecule has 136 valence electrons. The van der Waals surface area contributed by atoms with E-state index in [2.05, 4.69) is 5.10 Å². The molecule has 2 aromatic rings. The van der Waals surface area contributed by atoms with Gasteiger partial charge in [0.15, 0.2) is 8.29 Å². The zero-order valence-electron chi connectivity index (χ0n) is 15.5. The van der Waals surface area contributed by atoms with Crippen LogP contribution >= 0.6 is 35.3 Å². The van der Waals surface area contributed by atoms with E-state index in [0.29, 0.717) is 3.95 Å². The Balaban J connectivity index is 2.22. The van der Waals surface area contributed by atoms with Crippen LogP contribution in [0.4, 0.5) is 0 Å². The molecule has 1 atom stereocenters. The van der Waals surface area contributed by atoms with Crippen molar-refractivity contribution >= 4 is 41.2 Å². The quantitative estimate of drug-likeness (QED) is 0.504. The van der Waals surface area contributed by atoms with Gasteiger partial charge < -0.3 is 4.90 Å². The molecular formula is C18H25N3OS3. The van der Waals surface area contributed by atoms with E-state index in [9.17, 15) is 4.79 Å². The number of carbonyl (C=O) groups is 1. The molecule has 0 radical (unpaired) electrons. The van der Waals surface area contributed by atoms with Gasteiger partial charge in [-0.2, -0.15) is 0 Å². The lowest BCUT2D eigenvalue weighted by Crippen LogP contribution is -2.45. The number of nitrogens with zero attached hydrogens (tertiary/aromatic N) is 3. The van der Waals surface area contributed by atoms with E-state index in [-0.39, 0.29) is 23.2 Å². The topological polar surface area (TPSA) is 38.1 Å². The smallest absolute Gasteiger partial charge is 0.236 e. The van der Waals surface area contributed by atoms with Gasteiger partial charge in [0.2, 0.25) is 5.91 Å².